The number of thiophene rings is 1. The third-order valence-corrected chi connectivity index (χ3v) is 5.64. The lowest BCUT2D eigenvalue weighted by atomic mass is 10.1. The second-order valence-corrected chi connectivity index (χ2v) is 7.65. The predicted octanol–water partition coefficient (Wildman–Crippen LogP) is 3.26. The summed E-state index contributed by atoms with van der Waals surface area (Å²) in [5.74, 6) is -1.47. The summed E-state index contributed by atoms with van der Waals surface area (Å²) in [4.78, 5) is 38.7. The average Bonchev–Trinajstić information content (AvgIpc) is 3.02. The molecule has 2 rings (SSSR count). The van der Waals surface area contributed by atoms with E-state index in [1.807, 2.05) is 24.1 Å². The lowest BCUT2D eigenvalue weighted by Crippen LogP contribution is -2.30. The molecule has 2 aromatic rings. The second kappa shape index (κ2) is 10.2. The number of carbonyl (C=O) groups is 3. The quantitative estimate of drug-likeness (QED) is 0.663. The molecule has 0 aliphatic carbocycles. The van der Waals surface area contributed by atoms with E-state index in [2.05, 4.69) is 24.4 Å². The Morgan fingerprint density at radius 1 is 1.03 bits per heavy atom. The van der Waals surface area contributed by atoms with Crippen molar-refractivity contribution in [3.05, 3.63) is 51.4 Å². The van der Waals surface area contributed by atoms with Crippen molar-refractivity contribution in [3.63, 3.8) is 0 Å². The maximum absolute atomic E-state index is 12.5. The summed E-state index contributed by atoms with van der Waals surface area (Å²) in [5.41, 5.74) is 2.96. The first-order chi connectivity index (χ1) is 13.8. The second-order valence-electron chi connectivity index (χ2n) is 6.63. The van der Waals surface area contributed by atoms with Crippen LogP contribution in [0.5, 0.6) is 0 Å². The highest BCUT2D eigenvalue weighted by atomic mass is 32.1. The van der Waals surface area contributed by atoms with Crippen LogP contribution in [0, 0.1) is 6.92 Å². The number of likely N-dealkylation sites (N-methyl/N-ethyl adjacent to an activating group) is 1. The number of hydrogen-bond donors (Lipinski definition) is 1. The zero-order valence-electron chi connectivity index (χ0n) is 17.3. The summed E-state index contributed by atoms with van der Waals surface area (Å²) < 4.78 is 9.55. The van der Waals surface area contributed by atoms with E-state index in [1.165, 1.54) is 19.8 Å². The van der Waals surface area contributed by atoms with Gasteiger partial charge in [0, 0.05) is 6.54 Å². The van der Waals surface area contributed by atoms with Gasteiger partial charge in [-0.25, -0.2) is 9.59 Å². The molecule has 0 radical (unpaired) electrons. The molecule has 0 spiro atoms. The van der Waals surface area contributed by atoms with Crippen molar-refractivity contribution in [2.75, 3.05) is 33.1 Å². The number of nitrogens with zero attached hydrogens (tertiary/aromatic N) is 1. The molecule has 0 aliphatic heterocycles. The topological polar surface area (TPSA) is 84.9 Å². The van der Waals surface area contributed by atoms with Crippen LogP contribution in [0.3, 0.4) is 0 Å². The third kappa shape index (κ3) is 5.65. The zero-order chi connectivity index (χ0) is 21.6. The van der Waals surface area contributed by atoms with Gasteiger partial charge in [-0.2, -0.15) is 0 Å². The molecular formula is C21H26N2O5S. The van der Waals surface area contributed by atoms with Crippen LogP contribution in [0.25, 0.3) is 0 Å². The number of esters is 2. The summed E-state index contributed by atoms with van der Waals surface area (Å²) in [7, 11) is 4.36. The molecule has 0 fully saturated rings. The average molecular weight is 419 g/mol. The molecule has 7 nitrogen and oxygen atoms in total. The van der Waals surface area contributed by atoms with Crippen molar-refractivity contribution in [2.24, 2.45) is 0 Å². The third-order valence-electron chi connectivity index (χ3n) is 4.46. The van der Waals surface area contributed by atoms with E-state index >= 15 is 0 Å². The van der Waals surface area contributed by atoms with Gasteiger partial charge in [0.05, 0.1) is 26.3 Å². The highest BCUT2D eigenvalue weighted by Crippen LogP contribution is 2.34. The number of methoxy groups -OCH3 is 2. The van der Waals surface area contributed by atoms with Crippen LogP contribution >= 0.6 is 11.3 Å². The molecule has 0 bridgehead atoms. The fourth-order valence-corrected chi connectivity index (χ4v) is 4.03. The van der Waals surface area contributed by atoms with Crippen molar-refractivity contribution in [3.8, 4) is 0 Å². The fraction of sp³-hybridized carbons (Fsp3) is 0.381. The van der Waals surface area contributed by atoms with Crippen LogP contribution in [0.2, 0.25) is 0 Å². The van der Waals surface area contributed by atoms with Gasteiger partial charge in [-0.1, -0.05) is 31.2 Å². The lowest BCUT2D eigenvalue weighted by Gasteiger charge is -2.16. The van der Waals surface area contributed by atoms with E-state index < -0.39 is 11.9 Å². The van der Waals surface area contributed by atoms with Gasteiger partial charge in [0.1, 0.15) is 9.88 Å². The number of ether oxygens (including phenoxy) is 2. The predicted molar refractivity (Wildman–Crippen MR) is 113 cm³/mol. The standard InChI is InChI=1S/C21H26N2O5S/c1-6-14-7-9-15(10-8-14)11-23(3)12-16(24)22-19-17(20(25)27-4)13(2)18(29-19)21(26)28-5/h7-10H,6,11-12H2,1-5H3,(H,22,24). The van der Waals surface area contributed by atoms with Gasteiger partial charge in [0.15, 0.2) is 0 Å². The van der Waals surface area contributed by atoms with Gasteiger partial charge in [-0.15, -0.1) is 11.3 Å². The minimum absolute atomic E-state index is 0.126. The van der Waals surface area contributed by atoms with Gasteiger partial charge in [-0.3, -0.25) is 9.69 Å². The number of anilines is 1. The number of carbonyl (C=O) groups excluding carboxylic acids is 3. The molecule has 8 heteroatoms. The normalized spacial score (nSPS) is 10.7. The number of hydrogen-bond acceptors (Lipinski definition) is 7. The molecular weight excluding hydrogens is 392 g/mol. The number of aryl methyl sites for hydroxylation is 1. The Kier molecular flexibility index (Phi) is 7.92. The van der Waals surface area contributed by atoms with Crippen molar-refractivity contribution >= 4 is 34.2 Å². The molecule has 0 saturated heterocycles. The Balaban J connectivity index is 2.10. The van der Waals surface area contributed by atoms with Crippen LogP contribution in [-0.2, 0) is 27.2 Å². The molecule has 1 heterocycles. The first kappa shape index (κ1) is 22.6. The van der Waals surface area contributed by atoms with Crippen molar-refractivity contribution in [1.82, 2.24) is 4.90 Å². The molecule has 0 aliphatic rings. The van der Waals surface area contributed by atoms with Crippen LogP contribution in [0.4, 0.5) is 5.00 Å². The van der Waals surface area contributed by atoms with Crippen molar-refractivity contribution in [2.45, 2.75) is 26.8 Å². The Morgan fingerprint density at radius 2 is 1.62 bits per heavy atom. The van der Waals surface area contributed by atoms with E-state index in [0.29, 0.717) is 12.1 Å². The summed E-state index contributed by atoms with van der Waals surface area (Å²) in [5, 5.41) is 3.01. The van der Waals surface area contributed by atoms with E-state index in [9.17, 15) is 14.4 Å². The highest BCUT2D eigenvalue weighted by molar-refractivity contribution is 7.18. The van der Waals surface area contributed by atoms with E-state index in [1.54, 1.807) is 6.92 Å². The van der Waals surface area contributed by atoms with Crippen molar-refractivity contribution in [1.29, 1.82) is 0 Å². The van der Waals surface area contributed by atoms with Crippen LogP contribution in [-0.4, -0.2) is 50.6 Å². The monoisotopic (exact) mass is 418 g/mol. The van der Waals surface area contributed by atoms with E-state index in [4.69, 9.17) is 9.47 Å². The number of amides is 1. The van der Waals surface area contributed by atoms with E-state index in [0.717, 1.165) is 23.3 Å². The molecule has 0 saturated carbocycles. The molecule has 1 amide bonds. The maximum atomic E-state index is 12.5. The Hall–Kier alpha value is -2.71. The smallest absolute Gasteiger partial charge is 0.348 e. The molecule has 29 heavy (non-hydrogen) atoms. The minimum Gasteiger partial charge on any atom is -0.465 e. The Labute approximate surface area is 174 Å². The first-order valence-electron chi connectivity index (χ1n) is 9.16. The minimum atomic E-state index is -0.617. The Morgan fingerprint density at radius 3 is 2.17 bits per heavy atom. The fourth-order valence-electron chi connectivity index (χ4n) is 2.90. The van der Waals surface area contributed by atoms with Crippen LogP contribution in [0.1, 0.15) is 43.6 Å². The molecule has 1 aromatic heterocycles. The SMILES string of the molecule is CCc1ccc(CN(C)CC(=O)Nc2sc(C(=O)OC)c(C)c2C(=O)OC)cc1. The van der Waals surface area contributed by atoms with Gasteiger partial charge >= 0.3 is 11.9 Å². The Bertz CT molecular complexity index is 889. The largest absolute Gasteiger partial charge is 0.465 e. The first-order valence-corrected chi connectivity index (χ1v) is 9.98. The number of benzene rings is 1. The zero-order valence-corrected chi connectivity index (χ0v) is 18.1. The van der Waals surface area contributed by atoms with Gasteiger partial charge in [-0.05, 0) is 37.1 Å². The molecule has 0 atom stereocenters. The number of rotatable bonds is 8. The summed E-state index contributed by atoms with van der Waals surface area (Å²) >= 11 is 1.00. The molecule has 156 valence electrons. The summed E-state index contributed by atoms with van der Waals surface area (Å²) in [6.45, 7) is 4.46. The van der Waals surface area contributed by atoms with Crippen LogP contribution < -0.4 is 5.32 Å². The molecule has 1 N–H and O–H groups in total. The summed E-state index contributed by atoms with van der Waals surface area (Å²) in [6, 6.07) is 8.25. The van der Waals surface area contributed by atoms with Crippen molar-refractivity contribution < 1.29 is 23.9 Å². The van der Waals surface area contributed by atoms with Gasteiger partial charge in [0.2, 0.25) is 5.91 Å². The summed E-state index contributed by atoms with van der Waals surface area (Å²) in [6.07, 6.45) is 0.981. The van der Waals surface area contributed by atoms with Gasteiger partial charge < -0.3 is 14.8 Å². The highest BCUT2D eigenvalue weighted by Gasteiger charge is 2.26. The molecule has 0 unspecified atom stereocenters. The number of nitrogens with one attached hydrogen (secondary N) is 1. The lowest BCUT2D eigenvalue weighted by molar-refractivity contribution is -0.117. The van der Waals surface area contributed by atoms with Crippen LogP contribution in [0.15, 0.2) is 24.3 Å². The maximum Gasteiger partial charge on any atom is 0.348 e. The van der Waals surface area contributed by atoms with E-state index in [-0.39, 0.29) is 27.9 Å². The molecule has 1 aromatic carbocycles. The van der Waals surface area contributed by atoms with Gasteiger partial charge in [0.25, 0.3) is 0 Å².